The predicted octanol–water partition coefficient (Wildman–Crippen LogP) is 5.18. The summed E-state index contributed by atoms with van der Waals surface area (Å²) >= 11 is 3.46. The molecule has 0 heterocycles. The first-order valence-electron chi connectivity index (χ1n) is 8.28. The highest BCUT2D eigenvalue weighted by Crippen LogP contribution is 2.37. The van der Waals surface area contributed by atoms with Gasteiger partial charge in [0.15, 0.2) is 0 Å². The van der Waals surface area contributed by atoms with Gasteiger partial charge in [0.1, 0.15) is 5.82 Å². The Bertz CT molecular complexity index is 449. The largest absolute Gasteiger partial charge is 0.317 e. The highest BCUT2D eigenvalue weighted by molar-refractivity contribution is 9.10. The van der Waals surface area contributed by atoms with Gasteiger partial charge in [0.25, 0.3) is 0 Å². The first kappa shape index (κ1) is 17.0. The van der Waals surface area contributed by atoms with Crippen LogP contribution in [0.2, 0.25) is 0 Å². The fourth-order valence-electron chi connectivity index (χ4n) is 3.63. The summed E-state index contributed by atoms with van der Waals surface area (Å²) < 4.78 is 15.0. The molecule has 3 atom stereocenters. The molecular formula is C18H27BrFN. The van der Waals surface area contributed by atoms with Crippen molar-refractivity contribution in [2.75, 3.05) is 13.1 Å². The number of halogens is 2. The van der Waals surface area contributed by atoms with Gasteiger partial charge in [-0.15, -0.1) is 0 Å². The smallest absolute Gasteiger partial charge is 0.126 e. The lowest BCUT2D eigenvalue weighted by atomic mass is 9.71. The van der Waals surface area contributed by atoms with Crippen LogP contribution in [0.3, 0.4) is 0 Å². The summed E-state index contributed by atoms with van der Waals surface area (Å²) in [7, 11) is 0. The molecule has 1 aromatic rings. The molecule has 21 heavy (non-hydrogen) atoms. The van der Waals surface area contributed by atoms with Crippen LogP contribution in [-0.4, -0.2) is 13.1 Å². The lowest BCUT2D eigenvalue weighted by Crippen LogP contribution is -2.34. The average molecular weight is 356 g/mol. The van der Waals surface area contributed by atoms with Gasteiger partial charge in [-0.3, -0.25) is 0 Å². The molecule has 118 valence electrons. The molecule has 2 rings (SSSR count). The fourth-order valence-corrected chi connectivity index (χ4v) is 4.03. The molecule has 3 heteroatoms. The van der Waals surface area contributed by atoms with Crippen LogP contribution in [0.4, 0.5) is 4.39 Å². The first-order valence-corrected chi connectivity index (χ1v) is 9.07. The molecule has 0 amide bonds. The van der Waals surface area contributed by atoms with Crippen LogP contribution in [0.5, 0.6) is 0 Å². The molecule has 1 fully saturated rings. The van der Waals surface area contributed by atoms with Crippen molar-refractivity contribution in [3.63, 3.8) is 0 Å². The van der Waals surface area contributed by atoms with Crippen LogP contribution in [0.15, 0.2) is 22.7 Å². The Kier molecular flexibility index (Phi) is 6.69. The summed E-state index contributed by atoms with van der Waals surface area (Å²) in [5.41, 5.74) is 0.868. The zero-order chi connectivity index (χ0) is 15.2. The number of nitrogens with one attached hydrogen (secondary N) is 1. The van der Waals surface area contributed by atoms with Crippen molar-refractivity contribution in [1.29, 1.82) is 0 Å². The van der Waals surface area contributed by atoms with E-state index in [0.717, 1.165) is 35.5 Å². The summed E-state index contributed by atoms with van der Waals surface area (Å²) in [6.07, 6.45) is 6.00. The number of rotatable bonds is 6. The second kappa shape index (κ2) is 8.28. The Labute approximate surface area is 136 Å². The van der Waals surface area contributed by atoms with Gasteiger partial charge >= 0.3 is 0 Å². The number of hydrogen-bond donors (Lipinski definition) is 1. The minimum absolute atomic E-state index is 0.0565. The Morgan fingerprint density at radius 1 is 1.24 bits per heavy atom. The Morgan fingerprint density at radius 3 is 2.76 bits per heavy atom. The van der Waals surface area contributed by atoms with Gasteiger partial charge < -0.3 is 5.32 Å². The minimum atomic E-state index is -0.0565. The quantitative estimate of drug-likeness (QED) is 0.740. The van der Waals surface area contributed by atoms with Crippen molar-refractivity contribution in [3.8, 4) is 0 Å². The molecule has 0 radical (unpaired) electrons. The summed E-state index contributed by atoms with van der Waals surface area (Å²) in [4.78, 5) is 0. The molecule has 1 nitrogen and oxygen atoms in total. The standard InChI is InChI=1S/C18H27BrFN/c1-3-13-5-6-14(12-21-4-2)15(9-13)10-16-11-17(19)7-8-18(16)20/h7-8,11,13-15,21H,3-6,9-10,12H2,1-2H3. The molecule has 1 N–H and O–H groups in total. The summed E-state index contributed by atoms with van der Waals surface area (Å²) in [6, 6.07) is 5.32. The highest BCUT2D eigenvalue weighted by atomic mass is 79.9. The highest BCUT2D eigenvalue weighted by Gasteiger charge is 2.30. The van der Waals surface area contributed by atoms with Crippen molar-refractivity contribution >= 4 is 15.9 Å². The molecule has 1 aliphatic carbocycles. The first-order chi connectivity index (χ1) is 10.1. The van der Waals surface area contributed by atoms with Crippen LogP contribution in [0.25, 0.3) is 0 Å². The van der Waals surface area contributed by atoms with Crippen molar-refractivity contribution < 1.29 is 4.39 Å². The Hall–Kier alpha value is -0.410. The molecule has 1 saturated carbocycles. The molecular weight excluding hydrogens is 329 g/mol. The zero-order valence-electron chi connectivity index (χ0n) is 13.2. The minimum Gasteiger partial charge on any atom is -0.317 e. The van der Waals surface area contributed by atoms with Gasteiger partial charge in [0.2, 0.25) is 0 Å². The third kappa shape index (κ3) is 4.79. The van der Waals surface area contributed by atoms with Gasteiger partial charge in [-0.25, -0.2) is 4.39 Å². The van der Waals surface area contributed by atoms with Gasteiger partial charge in [0.05, 0.1) is 0 Å². The van der Waals surface area contributed by atoms with E-state index in [2.05, 4.69) is 35.1 Å². The second-order valence-corrected chi connectivity index (χ2v) is 7.27. The monoisotopic (exact) mass is 355 g/mol. The average Bonchev–Trinajstić information content (AvgIpc) is 2.49. The van der Waals surface area contributed by atoms with Gasteiger partial charge in [-0.05, 0) is 73.9 Å². The van der Waals surface area contributed by atoms with Gasteiger partial charge in [-0.1, -0.05) is 42.6 Å². The van der Waals surface area contributed by atoms with E-state index in [1.807, 2.05) is 6.07 Å². The van der Waals surface area contributed by atoms with Crippen molar-refractivity contribution in [3.05, 3.63) is 34.1 Å². The zero-order valence-corrected chi connectivity index (χ0v) is 14.8. The van der Waals surface area contributed by atoms with Gasteiger partial charge in [0, 0.05) is 4.47 Å². The molecule has 0 bridgehead atoms. The van der Waals surface area contributed by atoms with Crippen LogP contribution in [0, 0.1) is 23.6 Å². The fraction of sp³-hybridized carbons (Fsp3) is 0.667. The molecule has 0 saturated heterocycles. The summed E-state index contributed by atoms with van der Waals surface area (Å²) in [5.74, 6) is 2.06. The van der Waals surface area contributed by atoms with E-state index in [0.29, 0.717) is 11.8 Å². The molecule has 0 aromatic heterocycles. The normalized spacial score (nSPS) is 26.0. The van der Waals surface area contributed by atoms with Crippen LogP contribution in [0.1, 0.15) is 45.1 Å². The molecule has 0 aliphatic heterocycles. The van der Waals surface area contributed by atoms with Crippen molar-refractivity contribution in [2.45, 2.75) is 46.0 Å². The SMILES string of the molecule is CCNCC1CCC(CC)CC1Cc1cc(Br)ccc1F. The van der Waals surface area contributed by atoms with Crippen LogP contribution >= 0.6 is 15.9 Å². The molecule has 3 unspecified atom stereocenters. The van der Waals surface area contributed by atoms with E-state index >= 15 is 0 Å². The Balaban J connectivity index is 2.09. The van der Waals surface area contributed by atoms with E-state index in [4.69, 9.17) is 0 Å². The topological polar surface area (TPSA) is 12.0 Å². The van der Waals surface area contributed by atoms with Crippen LogP contribution in [-0.2, 0) is 6.42 Å². The lowest BCUT2D eigenvalue weighted by Gasteiger charge is -2.36. The maximum absolute atomic E-state index is 14.0. The van der Waals surface area contributed by atoms with Gasteiger partial charge in [-0.2, -0.15) is 0 Å². The maximum Gasteiger partial charge on any atom is 0.126 e. The van der Waals surface area contributed by atoms with Crippen LogP contribution < -0.4 is 5.32 Å². The van der Waals surface area contributed by atoms with E-state index in [1.165, 1.54) is 25.7 Å². The third-order valence-corrected chi connectivity index (χ3v) is 5.47. The number of hydrogen-bond acceptors (Lipinski definition) is 1. The maximum atomic E-state index is 14.0. The molecule has 0 spiro atoms. The summed E-state index contributed by atoms with van der Waals surface area (Å²) in [5, 5.41) is 3.49. The van der Waals surface area contributed by atoms with E-state index in [1.54, 1.807) is 12.1 Å². The lowest BCUT2D eigenvalue weighted by molar-refractivity contribution is 0.171. The predicted molar refractivity (Wildman–Crippen MR) is 91.0 cm³/mol. The van der Waals surface area contributed by atoms with E-state index in [9.17, 15) is 4.39 Å². The third-order valence-electron chi connectivity index (χ3n) is 4.97. The number of benzene rings is 1. The van der Waals surface area contributed by atoms with E-state index in [-0.39, 0.29) is 5.82 Å². The molecule has 1 aromatic carbocycles. The summed E-state index contributed by atoms with van der Waals surface area (Å²) in [6.45, 7) is 6.53. The second-order valence-electron chi connectivity index (χ2n) is 6.36. The van der Waals surface area contributed by atoms with Crippen molar-refractivity contribution in [2.24, 2.45) is 17.8 Å². The molecule has 1 aliphatic rings. The van der Waals surface area contributed by atoms with E-state index < -0.39 is 0 Å². The van der Waals surface area contributed by atoms with Crippen molar-refractivity contribution in [1.82, 2.24) is 5.32 Å². The Morgan fingerprint density at radius 2 is 2.05 bits per heavy atom.